The summed E-state index contributed by atoms with van der Waals surface area (Å²) >= 11 is 0. The normalized spacial score (nSPS) is 20.1. The summed E-state index contributed by atoms with van der Waals surface area (Å²) in [5.41, 5.74) is 9.33. The fourth-order valence-electron chi connectivity index (χ4n) is 4.81. The van der Waals surface area contributed by atoms with E-state index in [2.05, 4.69) is 81.4 Å². The summed E-state index contributed by atoms with van der Waals surface area (Å²) < 4.78 is 12.1. The largest absolute Gasteiger partial charge is 0.493 e. The minimum atomic E-state index is 0.349. The molecule has 0 radical (unpaired) electrons. The molecular weight excluding hydrogens is 356 g/mol. The summed E-state index contributed by atoms with van der Waals surface area (Å²) in [4.78, 5) is 0. The average Bonchev–Trinajstić information content (AvgIpc) is 3.33. The Morgan fingerprint density at radius 1 is 0.966 bits per heavy atom. The summed E-state index contributed by atoms with van der Waals surface area (Å²) in [5, 5.41) is 0. The number of epoxide rings is 1. The van der Waals surface area contributed by atoms with Crippen LogP contribution in [0.2, 0.25) is 0 Å². The molecule has 1 aliphatic carbocycles. The maximum Gasteiger partial charge on any atom is 0.127 e. The lowest BCUT2D eigenvalue weighted by atomic mass is 9.92. The predicted octanol–water partition coefficient (Wildman–Crippen LogP) is 6.43. The van der Waals surface area contributed by atoms with Crippen LogP contribution in [0, 0.1) is 12.8 Å². The highest BCUT2D eigenvalue weighted by Gasteiger charge is 2.40. The summed E-state index contributed by atoms with van der Waals surface area (Å²) in [7, 11) is 0. The molecule has 0 bridgehead atoms. The molecule has 0 amide bonds. The summed E-state index contributed by atoms with van der Waals surface area (Å²) in [6.07, 6.45) is 2.81. The number of hydrogen-bond acceptors (Lipinski definition) is 2. The Morgan fingerprint density at radius 2 is 1.69 bits per heavy atom. The van der Waals surface area contributed by atoms with Crippen LogP contribution in [-0.2, 0) is 11.2 Å². The molecule has 2 heteroatoms. The first kappa shape index (κ1) is 18.4. The molecule has 3 aromatic carbocycles. The van der Waals surface area contributed by atoms with Crippen LogP contribution >= 0.6 is 0 Å². The first-order chi connectivity index (χ1) is 14.2. The van der Waals surface area contributed by atoms with Gasteiger partial charge in [0.2, 0.25) is 0 Å². The number of para-hydroxylation sites is 1. The van der Waals surface area contributed by atoms with E-state index < -0.39 is 0 Å². The molecule has 5 rings (SSSR count). The van der Waals surface area contributed by atoms with Gasteiger partial charge in [-0.2, -0.15) is 0 Å². The first-order valence-electron chi connectivity index (χ1n) is 10.7. The molecule has 3 unspecified atom stereocenters. The van der Waals surface area contributed by atoms with Gasteiger partial charge in [-0.25, -0.2) is 0 Å². The van der Waals surface area contributed by atoms with Gasteiger partial charge in [-0.05, 0) is 60.6 Å². The van der Waals surface area contributed by atoms with Gasteiger partial charge in [-0.15, -0.1) is 0 Å². The predicted molar refractivity (Wildman–Crippen MR) is 118 cm³/mol. The Hall–Kier alpha value is -2.58. The van der Waals surface area contributed by atoms with Crippen molar-refractivity contribution in [3.63, 3.8) is 0 Å². The van der Waals surface area contributed by atoms with Crippen molar-refractivity contribution in [1.82, 2.24) is 0 Å². The van der Waals surface area contributed by atoms with Crippen LogP contribution in [0.3, 0.4) is 0 Å². The molecule has 2 aliphatic rings. The van der Waals surface area contributed by atoms with Crippen LogP contribution in [0.15, 0.2) is 60.7 Å². The van der Waals surface area contributed by atoms with E-state index in [1.54, 1.807) is 0 Å². The molecular formula is C27H28O2. The Morgan fingerprint density at radius 3 is 2.45 bits per heavy atom. The van der Waals surface area contributed by atoms with Gasteiger partial charge >= 0.3 is 0 Å². The van der Waals surface area contributed by atoms with Gasteiger partial charge in [0.25, 0.3) is 0 Å². The highest BCUT2D eigenvalue weighted by atomic mass is 16.6. The standard InChI is InChI=1S/C27H28O2/c1-4-19(27-18(3)29-27)16-28-25-12-8-7-11-23(25)24-14-17(2)13-21-15-20-9-5-6-10-22(20)26(21)24/h5-14,18-19,27H,4,15-16H2,1-3H3. The lowest BCUT2D eigenvalue weighted by Gasteiger charge is -2.18. The zero-order chi connectivity index (χ0) is 20.0. The molecule has 3 atom stereocenters. The van der Waals surface area contributed by atoms with Gasteiger partial charge < -0.3 is 9.47 Å². The molecule has 0 spiro atoms. The number of fused-ring (bicyclic) bond motifs is 3. The van der Waals surface area contributed by atoms with Crippen LogP contribution in [0.25, 0.3) is 22.3 Å². The van der Waals surface area contributed by atoms with E-state index in [1.807, 2.05) is 0 Å². The fraction of sp³-hybridized carbons (Fsp3) is 0.333. The zero-order valence-electron chi connectivity index (χ0n) is 17.4. The molecule has 1 fully saturated rings. The van der Waals surface area contributed by atoms with E-state index >= 15 is 0 Å². The van der Waals surface area contributed by atoms with E-state index in [9.17, 15) is 0 Å². The van der Waals surface area contributed by atoms with Crippen LogP contribution in [0.1, 0.15) is 37.0 Å². The summed E-state index contributed by atoms with van der Waals surface area (Å²) in [6, 6.07) is 21.9. The highest BCUT2D eigenvalue weighted by Crippen LogP contribution is 2.46. The Bertz CT molecular complexity index is 1050. The second-order valence-corrected chi connectivity index (χ2v) is 8.46. The molecule has 1 saturated heterocycles. The molecule has 1 aliphatic heterocycles. The van der Waals surface area contributed by atoms with Crippen molar-refractivity contribution in [1.29, 1.82) is 0 Å². The molecule has 148 valence electrons. The zero-order valence-corrected chi connectivity index (χ0v) is 17.4. The number of hydrogen-bond donors (Lipinski definition) is 0. The van der Waals surface area contributed by atoms with Crippen molar-refractivity contribution >= 4 is 0 Å². The number of aryl methyl sites for hydroxylation is 1. The van der Waals surface area contributed by atoms with Gasteiger partial charge in [-0.3, -0.25) is 0 Å². The lowest BCUT2D eigenvalue weighted by molar-refractivity contribution is 0.207. The SMILES string of the molecule is CCC(COc1ccccc1-c1cc(C)cc2c1-c1ccccc1C2)C1OC1C. The average molecular weight is 385 g/mol. The lowest BCUT2D eigenvalue weighted by Crippen LogP contribution is -2.18. The van der Waals surface area contributed by atoms with E-state index in [0.717, 1.165) is 18.6 Å². The van der Waals surface area contributed by atoms with E-state index in [1.165, 1.54) is 38.9 Å². The van der Waals surface area contributed by atoms with Gasteiger partial charge in [-0.1, -0.05) is 67.1 Å². The first-order valence-corrected chi connectivity index (χ1v) is 10.7. The molecule has 2 nitrogen and oxygen atoms in total. The maximum absolute atomic E-state index is 6.40. The Kier molecular flexibility index (Phi) is 4.67. The molecule has 0 aromatic heterocycles. The number of ether oxygens (including phenoxy) is 2. The van der Waals surface area contributed by atoms with Crippen molar-refractivity contribution < 1.29 is 9.47 Å². The molecule has 0 N–H and O–H groups in total. The topological polar surface area (TPSA) is 21.8 Å². The van der Waals surface area contributed by atoms with Gasteiger partial charge in [0, 0.05) is 11.5 Å². The van der Waals surface area contributed by atoms with Gasteiger partial charge in [0.15, 0.2) is 0 Å². The fourth-order valence-corrected chi connectivity index (χ4v) is 4.81. The summed E-state index contributed by atoms with van der Waals surface area (Å²) in [6.45, 7) is 7.26. The van der Waals surface area contributed by atoms with Crippen LogP contribution in [0.5, 0.6) is 5.75 Å². The van der Waals surface area contributed by atoms with Gasteiger partial charge in [0.1, 0.15) is 5.75 Å². The minimum absolute atomic E-state index is 0.349. The monoisotopic (exact) mass is 384 g/mol. The number of benzene rings is 3. The summed E-state index contributed by atoms with van der Waals surface area (Å²) in [5.74, 6) is 1.42. The van der Waals surface area contributed by atoms with Crippen molar-refractivity contribution in [3.05, 3.63) is 77.4 Å². The second-order valence-electron chi connectivity index (χ2n) is 8.46. The maximum atomic E-state index is 6.40. The van der Waals surface area contributed by atoms with Crippen molar-refractivity contribution in [2.24, 2.45) is 5.92 Å². The third-order valence-corrected chi connectivity index (χ3v) is 6.41. The van der Waals surface area contributed by atoms with E-state index in [-0.39, 0.29) is 0 Å². The smallest absolute Gasteiger partial charge is 0.127 e. The Labute approximate surface area is 173 Å². The number of rotatable bonds is 6. The van der Waals surface area contributed by atoms with E-state index in [4.69, 9.17) is 9.47 Å². The quantitative estimate of drug-likeness (QED) is 0.358. The van der Waals surface area contributed by atoms with Crippen molar-refractivity contribution in [2.45, 2.75) is 45.8 Å². The third kappa shape index (κ3) is 3.36. The van der Waals surface area contributed by atoms with E-state index in [0.29, 0.717) is 24.7 Å². The van der Waals surface area contributed by atoms with Crippen LogP contribution in [0.4, 0.5) is 0 Å². The molecule has 3 aromatic rings. The van der Waals surface area contributed by atoms with Crippen molar-refractivity contribution in [2.75, 3.05) is 6.61 Å². The molecule has 1 heterocycles. The Balaban J connectivity index is 1.53. The minimum Gasteiger partial charge on any atom is -0.493 e. The molecule has 0 saturated carbocycles. The third-order valence-electron chi connectivity index (χ3n) is 6.41. The van der Waals surface area contributed by atoms with Crippen molar-refractivity contribution in [3.8, 4) is 28.0 Å². The highest BCUT2D eigenvalue weighted by molar-refractivity contribution is 5.92. The van der Waals surface area contributed by atoms with Crippen LogP contribution in [-0.4, -0.2) is 18.8 Å². The second kappa shape index (κ2) is 7.35. The van der Waals surface area contributed by atoms with Crippen LogP contribution < -0.4 is 4.74 Å². The molecule has 29 heavy (non-hydrogen) atoms. The van der Waals surface area contributed by atoms with Gasteiger partial charge in [0.05, 0.1) is 18.8 Å².